The van der Waals surface area contributed by atoms with Crippen LogP contribution < -0.4 is 5.32 Å². The number of esters is 2. The number of aliphatic hydroxyl groups is 3. The molecule has 4 N–H and O–H groups in total. The number of hydrogen-bond acceptors (Lipinski definition) is 13. The zero-order valence-electron chi connectivity index (χ0n) is 30.6. The third kappa shape index (κ3) is 6.08. The molecule has 14 heteroatoms. The van der Waals surface area contributed by atoms with E-state index >= 15 is 4.79 Å². The van der Waals surface area contributed by atoms with Gasteiger partial charge in [0.15, 0.2) is 23.6 Å². The lowest BCUT2D eigenvalue weighted by Crippen LogP contribution is -2.77. The quantitative estimate of drug-likeness (QED) is 0.127. The van der Waals surface area contributed by atoms with E-state index in [1.807, 2.05) is 30.3 Å². The second kappa shape index (κ2) is 13.3. The first-order valence-electron chi connectivity index (χ1n) is 18.2. The Morgan fingerprint density at radius 1 is 1.06 bits per heavy atom. The fourth-order valence-corrected chi connectivity index (χ4v) is 9.16. The molecular formula is C39H48N2O12. The Morgan fingerprint density at radius 2 is 1.77 bits per heavy atom. The van der Waals surface area contributed by atoms with Crippen LogP contribution in [-0.2, 0) is 39.9 Å². The van der Waals surface area contributed by atoms with Crippen LogP contribution >= 0.6 is 0 Å². The van der Waals surface area contributed by atoms with Gasteiger partial charge in [-0.3, -0.25) is 9.59 Å². The highest BCUT2D eigenvalue weighted by Crippen LogP contribution is 2.63. The Balaban J connectivity index is 1.27. The van der Waals surface area contributed by atoms with Crippen LogP contribution in [0, 0.1) is 16.7 Å². The third-order valence-electron chi connectivity index (χ3n) is 12.6. The lowest BCUT2D eigenvalue weighted by Gasteiger charge is -2.65. The van der Waals surface area contributed by atoms with E-state index in [1.54, 1.807) is 39.8 Å². The number of benzene rings is 1. The van der Waals surface area contributed by atoms with Gasteiger partial charge in [0, 0.05) is 50.7 Å². The topological polar surface area (TPSA) is 194 Å². The summed E-state index contributed by atoms with van der Waals surface area (Å²) < 4.78 is 29.5. The fourth-order valence-electron chi connectivity index (χ4n) is 9.16. The Labute approximate surface area is 307 Å². The first-order valence-corrected chi connectivity index (χ1v) is 18.2. The molecule has 0 radical (unpaired) electrons. The second-order valence-corrected chi connectivity index (χ2v) is 15.9. The second-order valence-electron chi connectivity index (χ2n) is 15.9. The minimum absolute atomic E-state index is 0.0219. The predicted octanol–water partition coefficient (Wildman–Crippen LogP) is 2.74. The number of Topliss-reactive ketones (excluding diaryl/α,β-unsaturated/α-hetero) is 1. The van der Waals surface area contributed by atoms with Gasteiger partial charge in [-0.05, 0) is 49.1 Å². The average Bonchev–Trinajstić information content (AvgIpc) is 3.83. The van der Waals surface area contributed by atoms with Gasteiger partial charge in [0.05, 0.1) is 30.0 Å². The molecular weight excluding hydrogens is 688 g/mol. The molecule has 2 bridgehead atoms. The van der Waals surface area contributed by atoms with Crippen molar-refractivity contribution in [3.8, 4) is 0 Å². The molecule has 14 nitrogen and oxygen atoms in total. The van der Waals surface area contributed by atoms with Gasteiger partial charge in [-0.1, -0.05) is 44.2 Å². The minimum atomic E-state index is -1.79. The smallest absolute Gasteiger partial charge is 0.410 e. The molecule has 2 saturated carbocycles. The predicted molar refractivity (Wildman–Crippen MR) is 185 cm³/mol. The van der Waals surface area contributed by atoms with Crippen molar-refractivity contribution in [2.24, 2.45) is 16.7 Å². The van der Waals surface area contributed by atoms with Crippen LogP contribution in [0.3, 0.4) is 0 Å². The first-order chi connectivity index (χ1) is 25.0. The van der Waals surface area contributed by atoms with E-state index in [0.29, 0.717) is 31.0 Å². The number of ether oxygens (including phenoxy) is 4. The molecule has 3 heterocycles. The fraction of sp³-hybridized carbons (Fsp3) is 0.590. The standard InChI is InChI=1S/C39H48N2O12/c1-21-25(52-34(46)31(44)30(24-12-9-15-49-24)40-19-23-10-7-6-8-11-23)17-38(48)18-26-37(5,33(45)32(51-22(2)42)29(21)36(38,3)4)27(43)16-28-39(26,20-50-28)53-35(47)41-13-14-41/h6-12,15,25-28,30-32,40,43-44,48H,13-14,16-20H2,1-5H3/t25-,26-,27-,28+,30+,31+,32+,37-,38+,39+/m0/s1. The van der Waals surface area contributed by atoms with Crippen molar-refractivity contribution in [3.63, 3.8) is 0 Å². The summed E-state index contributed by atoms with van der Waals surface area (Å²) in [6.07, 6.45) is -6.10. The molecule has 53 heavy (non-hydrogen) atoms. The van der Waals surface area contributed by atoms with Crippen LogP contribution in [0.4, 0.5) is 4.79 Å². The maximum Gasteiger partial charge on any atom is 0.410 e. The van der Waals surface area contributed by atoms with Crippen LogP contribution in [0.5, 0.6) is 0 Å². The van der Waals surface area contributed by atoms with Crippen molar-refractivity contribution < 1.29 is 57.9 Å². The van der Waals surface area contributed by atoms with Crippen LogP contribution in [0.15, 0.2) is 64.3 Å². The zero-order valence-corrected chi connectivity index (χ0v) is 30.6. The number of rotatable bonds is 9. The maximum absolute atomic E-state index is 15.0. The summed E-state index contributed by atoms with van der Waals surface area (Å²) >= 11 is 0. The minimum Gasteiger partial charge on any atom is -0.468 e. The van der Waals surface area contributed by atoms with Crippen molar-refractivity contribution in [2.75, 3.05) is 19.7 Å². The summed E-state index contributed by atoms with van der Waals surface area (Å²) in [6, 6.07) is 11.7. The first kappa shape index (κ1) is 37.2. The SMILES string of the molecule is CC(=O)O[C@H]1C(=O)[C@@]2(C)[C@H](C[C@]3(O)C[C@H](OC(=O)[C@H](O)[C@H](NCc4ccccc4)c4ccco4)C(C)=C1C3(C)C)[C@]1(OC(=O)N3CC3)CO[C@@H]1C[C@@H]2O. The lowest BCUT2D eigenvalue weighted by molar-refractivity contribution is -0.322. The molecule has 7 rings (SSSR count). The number of fused-ring (bicyclic) bond motifs is 5. The summed E-state index contributed by atoms with van der Waals surface area (Å²) in [4.78, 5) is 56.4. The van der Waals surface area contributed by atoms with E-state index in [1.165, 1.54) is 11.2 Å². The van der Waals surface area contributed by atoms with E-state index in [0.717, 1.165) is 12.5 Å². The van der Waals surface area contributed by atoms with Crippen LogP contribution in [0.1, 0.15) is 71.2 Å². The van der Waals surface area contributed by atoms with Crippen molar-refractivity contribution >= 4 is 23.8 Å². The van der Waals surface area contributed by atoms with Crippen molar-refractivity contribution in [2.45, 2.75) is 108 Å². The highest BCUT2D eigenvalue weighted by atomic mass is 16.6. The molecule has 286 valence electrons. The molecule has 3 aliphatic carbocycles. The van der Waals surface area contributed by atoms with Gasteiger partial charge in [-0.25, -0.2) is 9.59 Å². The van der Waals surface area contributed by atoms with Gasteiger partial charge in [-0.2, -0.15) is 0 Å². The Morgan fingerprint density at radius 3 is 2.38 bits per heavy atom. The number of hydrogen-bond donors (Lipinski definition) is 4. The molecule has 0 spiro atoms. The lowest BCUT2D eigenvalue weighted by atomic mass is 9.46. The zero-order chi connectivity index (χ0) is 38.1. The third-order valence-corrected chi connectivity index (χ3v) is 12.6. The highest BCUT2D eigenvalue weighted by molar-refractivity contribution is 5.95. The molecule has 1 amide bonds. The summed E-state index contributed by atoms with van der Waals surface area (Å²) in [5.74, 6) is -3.12. The maximum atomic E-state index is 15.0. The van der Waals surface area contributed by atoms with E-state index in [-0.39, 0.29) is 31.4 Å². The van der Waals surface area contributed by atoms with Gasteiger partial charge in [0.2, 0.25) is 0 Å². The molecule has 5 aliphatic rings. The summed E-state index contributed by atoms with van der Waals surface area (Å²) in [7, 11) is 0. The van der Waals surface area contributed by atoms with E-state index < -0.39 is 88.3 Å². The van der Waals surface area contributed by atoms with Gasteiger partial charge in [-0.15, -0.1) is 0 Å². The van der Waals surface area contributed by atoms with Crippen LogP contribution in [0.2, 0.25) is 0 Å². The average molecular weight is 737 g/mol. The Bertz CT molecular complexity index is 1790. The summed E-state index contributed by atoms with van der Waals surface area (Å²) in [6.45, 7) is 9.10. The number of carbonyl (C=O) groups excluding carboxylic acids is 4. The van der Waals surface area contributed by atoms with Gasteiger partial charge >= 0.3 is 18.0 Å². The van der Waals surface area contributed by atoms with E-state index in [2.05, 4.69) is 5.32 Å². The number of furan rings is 1. The summed E-state index contributed by atoms with van der Waals surface area (Å²) in [5, 5.41) is 39.4. The normalized spacial score (nSPS) is 35.4. The summed E-state index contributed by atoms with van der Waals surface area (Å²) in [5.41, 5.74) is -4.59. The monoisotopic (exact) mass is 736 g/mol. The van der Waals surface area contributed by atoms with Crippen molar-refractivity contribution in [3.05, 3.63) is 71.2 Å². The molecule has 1 aromatic heterocycles. The molecule has 4 fully saturated rings. The number of nitrogens with one attached hydrogen (secondary N) is 1. The van der Waals surface area contributed by atoms with E-state index in [9.17, 15) is 29.7 Å². The molecule has 2 aliphatic heterocycles. The molecule has 2 saturated heterocycles. The van der Waals surface area contributed by atoms with Crippen LogP contribution in [-0.4, -0.2) is 105 Å². The largest absolute Gasteiger partial charge is 0.468 e. The van der Waals surface area contributed by atoms with Gasteiger partial charge in [0.1, 0.15) is 24.0 Å². The number of ketones is 1. The highest BCUT2D eigenvalue weighted by Gasteiger charge is 2.74. The van der Waals surface area contributed by atoms with Crippen LogP contribution in [0.25, 0.3) is 0 Å². The van der Waals surface area contributed by atoms with E-state index in [4.69, 9.17) is 23.4 Å². The molecule has 0 unspecified atom stereocenters. The van der Waals surface area contributed by atoms with Gasteiger partial charge < -0.3 is 48.9 Å². The molecule has 2 aromatic rings. The number of nitrogens with zero attached hydrogens (tertiary/aromatic N) is 1. The molecule has 1 aromatic carbocycles. The number of amides is 1. The number of carbonyl (C=O) groups is 4. The number of aliphatic hydroxyl groups excluding tert-OH is 2. The molecule has 10 atom stereocenters. The van der Waals surface area contributed by atoms with Gasteiger partial charge in [0.25, 0.3) is 0 Å². The van der Waals surface area contributed by atoms with Crippen molar-refractivity contribution in [1.82, 2.24) is 10.2 Å². The Hall–Kier alpha value is -4.08. The van der Waals surface area contributed by atoms with Crippen molar-refractivity contribution in [1.29, 1.82) is 0 Å². The Kier molecular flexibility index (Phi) is 9.38.